The zero-order chi connectivity index (χ0) is 19.2. The minimum atomic E-state index is -4.91. The van der Waals surface area contributed by atoms with Gasteiger partial charge in [0.2, 0.25) is 5.91 Å². The molecule has 0 unspecified atom stereocenters. The molecule has 0 radical (unpaired) electrons. The fourth-order valence-corrected chi connectivity index (χ4v) is 2.39. The summed E-state index contributed by atoms with van der Waals surface area (Å²) in [6, 6.07) is 9.91. The average Bonchev–Trinajstić information content (AvgIpc) is 3.10. The van der Waals surface area contributed by atoms with Gasteiger partial charge in [0.05, 0.1) is 6.26 Å². The van der Waals surface area contributed by atoms with Crippen LogP contribution in [0.15, 0.2) is 47.1 Å². The summed E-state index contributed by atoms with van der Waals surface area (Å²) in [5.41, 5.74) is 0.954. The SMILES string of the molecule is CCN(Cc1cccc(NC(=O)CCc2ccco2)c1)C(=O)C(F)(F)F. The Morgan fingerprint density at radius 2 is 1.96 bits per heavy atom. The van der Waals surface area contributed by atoms with Crippen LogP contribution < -0.4 is 5.32 Å². The Balaban J connectivity index is 1.96. The van der Waals surface area contributed by atoms with Crippen LogP contribution in [-0.2, 0) is 22.6 Å². The predicted octanol–water partition coefficient (Wildman–Crippen LogP) is 3.76. The number of anilines is 1. The standard InChI is InChI=1S/C18H19F3N2O3/c1-2-23(17(25)18(19,20)21)12-13-5-3-6-14(11-13)22-16(24)9-8-15-7-4-10-26-15/h3-7,10-11H,2,8-9,12H2,1H3,(H,22,24). The third kappa shape index (κ3) is 5.65. The molecule has 0 saturated heterocycles. The second kappa shape index (κ2) is 8.55. The molecule has 0 aliphatic rings. The van der Waals surface area contributed by atoms with E-state index in [0.29, 0.717) is 28.3 Å². The molecule has 0 saturated carbocycles. The van der Waals surface area contributed by atoms with E-state index in [1.54, 1.807) is 36.4 Å². The number of nitrogens with one attached hydrogen (secondary N) is 1. The Morgan fingerprint density at radius 1 is 1.19 bits per heavy atom. The van der Waals surface area contributed by atoms with Crippen LogP contribution in [0, 0.1) is 0 Å². The number of hydrogen-bond donors (Lipinski definition) is 1. The number of amides is 2. The monoisotopic (exact) mass is 368 g/mol. The summed E-state index contributed by atoms with van der Waals surface area (Å²) in [5.74, 6) is -1.43. The molecule has 0 aliphatic carbocycles. The van der Waals surface area contributed by atoms with Gasteiger partial charge in [-0.3, -0.25) is 9.59 Å². The first-order valence-corrected chi connectivity index (χ1v) is 8.07. The lowest BCUT2D eigenvalue weighted by Gasteiger charge is -2.22. The van der Waals surface area contributed by atoms with Crippen molar-refractivity contribution in [1.29, 1.82) is 0 Å². The highest BCUT2D eigenvalue weighted by Gasteiger charge is 2.41. The Kier molecular flexibility index (Phi) is 6.43. The van der Waals surface area contributed by atoms with E-state index in [0.717, 1.165) is 0 Å². The van der Waals surface area contributed by atoms with Crippen molar-refractivity contribution >= 4 is 17.5 Å². The summed E-state index contributed by atoms with van der Waals surface area (Å²) in [6.45, 7) is 1.22. The fraction of sp³-hybridized carbons (Fsp3) is 0.333. The van der Waals surface area contributed by atoms with Crippen molar-refractivity contribution in [3.8, 4) is 0 Å². The maximum absolute atomic E-state index is 12.6. The number of alkyl halides is 3. The lowest BCUT2D eigenvalue weighted by atomic mass is 10.1. The van der Waals surface area contributed by atoms with Gasteiger partial charge in [0, 0.05) is 31.6 Å². The molecule has 1 N–H and O–H groups in total. The van der Waals surface area contributed by atoms with Crippen LogP contribution in [0.25, 0.3) is 0 Å². The molecule has 5 nitrogen and oxygen atoms in total. The lowest BCUT2D eigenvalue weighted by Crippen LogP contribution is -2.40. The number of nitrogens with zero attached hydrogens (tertiary/aromatic N) is 1. The Morgan fingerprint density at radius 3 is 2.58 bits per heavy atom. The fourth-order valence-electron chi connectivity index (χ4n) is 2.39. The highest BCUT2D eigenvalue weighted by molar-refractivity contribution is 5.90. The quantitative estimate of drug-likeness (QED) is 0.809. The van der Waals surface area contributed by atoms with Crippen LogP contribution in [0.5, 0.6) is 0 Å². The molecule has 140 valence electrons. The zero-order valence-electron chi connectivity index (χ0n) is 14.2. The van der Waals surface area contributed by atoms with Crippen molar-refractivity contribution in [3.05, 3.63) is 54.0 Å². The lowest BCUT2D eigenvalue weighted by molar-refractivity contribution is -0.185. The van der Waals surface area contributed by atoms with E-state index in [1.807, 2.05) is 0 Å². The zero-order valence-corrected chi connectivity index (χ0v) is 14.2. The number of benzene rings is 1. The van der Waals surface area contributed by atoms with E-state index in [2.05, 4.69) is 5.32 Å². The Bertz CT molecular complexity index is 742. The number of halogens is 3. The van der Waals surface area contributed by atoms with E-state index in [4.69, 9.17) is 4.42 Å². The third-order valence-electron chi connectivity index (χ3n) is 3.67. The van der Waals surface area contributed by atoms with Gasteiger partial charge in [-0.05, 0) is 36.8 Å². The van der Waals surface area contributed by atoms with Gasteiger partial charge in [-0.25, -0.2) is 0 Å². The van der Waals surface area contributed by atoms with Crippen molar-refractivity contribution in [3.63, 3.8) is 0 Å². The second-order valence-electron chi connectivity index (χ2n) is 5.65. The van der Waals surface area contributed by atoms with Crippen LogP contribution >= 0.6 is 0 Å². The second-order valence-corrected chi connectivity index (χ2v) is 5.65. The van der Waals surface area contributed by atoms with Crippen molar-refractivity contribution in [2.75, 3.05) is 11.9 Å². The van der Waals surface area contributed by atoms with E-state index in [1.165, 1.54) is 13.2 Å². The van der Waals surface area contributed by atoms with Crippen LogP contribution in [0.1, 0.15) is 24.7 Å². The summed E-state index contributed by atoms with van der Waals surface area (Å²) in [7, 11) is 0. The maximum Gasteiger partial charge on any atom is 0.471 e. The number of furan rings is 1. The Labute approximate surface area is 148 Å². The predicted molar refractivity (Wildman–Crippen MR) is 89.2 cm³/mol. The van der Waals surface area contributed by atoms with Gasteiger partial charge in [0.1, 0.15) is 5.76 Å². The smallest absolute Gasteiger partial charge is 0.469 e. The van der Waals surface area contributed by atoms with Crippen LogP contribution in [0.2, 0.25) is 0 Å². The molecule has 0 aliphatic heterocycles. The first-order chi connectivity index (χ1) is 12.3. The van der Waals surface area contributed by atoms with Gasteiger partial charge in [0.25, 0.3) is 0 Å². The third-order valence-corrected chi connectivity index (χ3v) is 3.67. The highest BCUT2D eigenvalue weighted by Crippen LogP contribution is 2.21. The van der Waals surface area contributed by atoms with E-state index < -0.39 is 12.1 Å². The van der Waals surface area contributed by atoms with Crippen molar-refractivity contribution in [2.45, 2.75) is 32.5 Å². The van der Waals surface area contributed by atoms with E-state index in [-0.39, 0.29) is 25.4 Å². The van der Waals surface area contributed by atoms with E-state index in [9.17, 15) is 22.8 Å². The Hall–Kier alpha value is -2.77. The molecule has 0 fully saturated rings. The molecule has 0 spiro atoms. The summed E-state index contributed by atoms with van der Waals surface area (Å²) in [4.78, 5) is 24.1. The van der Waals surface area contributed by atoms with Gasteiger partial charge in [0.15, 0.2) is 0 Å². The molecule has 1 aromatic heterocycles. The maximum atomic E-state index is 12.6. The first-order valence-electron chi connectivity index (χ1n) is 8.07. The van der Waals surface area contributed by atoms with Gasteiger partial charge in [-0.1, -0.05) is 12.1 Å². The van der Waals surface area contributed by atoms with Crippen molar-refractivity contribution in [1.82, 2.24) is 4.90 Å². The molecule has 2 aromatic rings. The van der Waals surface area contributed by atoms with E-state index >= 15 is 0 Å². The number of aryl methyl sites for hydroxylation is 1. The molecular formula is C18H19F3N2O3. The number of carbonyl (C=O) groups is 2. The topological polar surface area (TPSA) is 62.6 Å². The number of hydrogen-bond acceptors (Lipinski definition) is 3. The molecule has 26 heavy (non-hydrogen) atoms. The van der Waals surface area contributed by atoms with Crippen molar-refractivity contribution < 1.29 is 27.2 Å². The minimum Gasteiger partial charge on any atom is -0.469 e. The van der Waals surface area contributed by atoms with Crippen LogP contribution in [0.3, 0.4) is 0 Å². The highest BCUT2D eigenvalue weighted by atomic mass is 19.4. The molecule has 1 aromatic carbocycles. The average molecular weight is 368 g/mol. The normalized spacial score (nSPS) is 11.2. The molecule has 8 heteroatoms. The van der Waals surface area contributed by atoms with Gasteiger partial charge >= 0.3 is 12.1 Å². The summed E-state index contributed by atoms with van der Waals surface area (Å²) < 4.78 is 42.9. The molecule has 1 heterocycles. The number of rotatable bonds is 7. The van der Waals surface area contributed by atoms with Gasteiger partial charge < -0.3 is 14.6 Å². The van der Waals surface area contributed by atoms with Gasteiger partial charge in [-0.2, -0.15) is 13.2 Å². The molecule has 2 rings (SSSR count). The van der Waals surface area contributed by atoms with Crippen LogP contribution in [-0.4, -0.2) is 29.4 Å². The summed E-state index contributed by atoms with van der Waals surface area (Å²) in [6.07, 6.45) is -2.72. The van der Waals surface area contributed by atoms with Crippen LogP contribution in [0.4, 0.5) is 18.9 Å². The van der Waals surface area contributed by atoms with Crippen molar-refractivity contribution in [2.24, 2.45) is 0 Å². The summed E-state index contributed by atoms with van der Waals surface area (Å²) >= 11 is 0. The first kappa shape index (κ1) is 19.6. The summed E-state index contributed by atoms with van der Waals surface area (Å²) in [5, 5.41) is 2.69. The molecule has 0 atom stereocenters. The molecule has 0 bridgehead atoms. The molecular weight excluding hydrogens is 349 g/mol. The number of carbonyl (C=O) groups excluding carboxylic acids is 2. The largest absolute Gasteiger partial charge is 0.471 e. The molecule has 2 amide bonds. The van der Waals surface area contributed by atoms with Gasteiger partial charge in [-0.15, -0.1) is 0 Å². The minimum absolute atomic E-state index is 0.0714.